The van der Waals surface area contributed by atoms with Gasteiger partial charge in [0.2, 0.25) is 5.82 Å². The lowest BCUT2D eigenvalue weighted by Crippen LogP contribution is -2.15. The van der Waals surface area contributed by atoms with Crippen LogP contribution in [0.4, 0.5) is 19.0 Å². The van der Waals surface area contributed by atoms with Gasteiger partial charge >= 0.3 is 6.18 Å². The molecule has 0 aliphatic heterocycles. The highest BCUT2D eigenvalue weighted by atomic mass is 19.4. The molecular weight excluding hydrogens is 499 g/mol. The summed E-state index contributed by atoms with van der Waals surface area (Å²) < 4.78 is 52.4. The first-order valence-electron chi connectivity index (χ1n) is 12.8. The number of halogens is 3. The molecule has 1 fully saturated rings. The maximum Gasteiger partial charge on any atom is 0.417 e. The van der Waals surface area contributed by atoms with Crippen LogP contribution >= 0.6 is 0 Å². The predicted molar refractivity (Wildman–Crippen MR) is 136 cm³/mol. The van der Waals surface area contributed by atoms with E-state index in [9.17, 15) is 18.0 Å². The number of anilines is 1. The Bertz CT molecular complexity index is 1220. The van der Waals surface area contributed by atoms with Crippen LogP contribution in [0.1, 0.15) is 68.0 Å². The highest BCUT2D eigenvalue weighted by Gasteiger charge is 2.34. The molecule has 4 rings (SSSR count). The fourth-order valence-electron chi connectivity index (χ4n) is 4.53. The lowest BCUT2D eigenvalue weighted by molar-refractivity contribution is -0.137. The number of H-pyrrole nitrogens is 1. The number of hydrogen-bond acceptors (Lipinski definition) is 6. The minimum Gasteiger partial charge on any atom is -0.491 e. The van der Waals surface area contributed by atoms with Gasteiger partial charge in [-0.2, -0.15) is 13.2 Å². The number of alkyl halides is 3. The van der Waals surface area contributed by atoms with Crippen molar-refractivity contribution in [2.75, 3.05) is 18.5 Å². The number of aromatic amines is 1. The van der Waals surface area contributed by atoms with Gasteiger partial charge in [-0.3, -0.25) is 9.89 Å². The Morgan fingerprint density at radius 2 is 1.92 bits per heavy atom. The molecule has 1 aliphatic carbocycles. The first-order valence-corrected chi connectivity index (χ1v) is 12.8. The summed E-state index contributed by atoms with van der Waals surface area (Å²) in [7, 11) is 0. The molecule has 2 heterocycles. The summed E-state index contributed by atoms with van der Waals surface area (Å²) in [5, 5.41) is 9.42. The summed E-state index contributed by atoms with van der Waals surface area (Å²) in [6, 6.07) is 6.41. The van der Waals surface area contributed by atoms with E-state index in [0.717, 1.165) is 25.3 Å². The van der Waals surface area contributed by atoms with Crippen LogP contribution in [0.25, 0.3) is 11.1 Å². The zero-order valence-electron chi connectivity index (χ0n) is 21.5. The highest BCUT2D eigenvalue weighted by Crippen LogP contribution is 2.39. The Balaban J connectivity index is 1.48. The van der Waals surface area contributed by atoms with Crippen molar-refractivity contribution in [2.24, 2.45) is 5.92 Å². The maximum absolute atomic E-state index is 13.8. The van der Waals surface area contributed by atoms with Crippen LogP contribution in [0.5, 0.6) is 5.75 Å². The molecule has 0 atom stereocenters. The molecule has 0 spiro atoms. The van der Waals surface area contributed by atoms with Crippen molar-refractivity contribution in [1.82, 2.24) is 20.2 Å². The van der Waals surface area contributed by atoms with E-state index in [1.807, 2.05) is 13.8 Å². The molecule has 2 N–H and O–H groups in total. The first kappa shape index (κ1) is 27.6. The summed E-state index contributed by atoms with van der Waals surface area (Å²) in [6.45, 7) is 4.27. The van der Waals surface area contributed by atoms with Gasteiger partial charge in [0.05, 0.1) is 18.3 Å². The molecule has 1 aromatic carbocycles. The molecule has 0 bridgehead atoms. The fourth-order valence-corrected chi connectivity index (χ4v) is 4.53. The van der Waals surface area contributed by atoms with Crippen molar-refractivity contribution in [3.63, 3.8) is 0 Å². The van der Waals surface area contributed by atoms with E-state index in [0.29, 0.717) is 18.3 Å². The van der Waals surface area contributed by atoms with E-state index < -0.39 is 17.6 Å². The zero-order valence-corrected chi connectivity index (χ0v) is 21.5. The smallest absolute Gasteiger partial charge is 0.417 e. The normalized spacial score (nSPS) is 14.6. The van der Waals surface area contributed by atoms with Crippen molar-refractivity contribution < 1.29 is 27.4 Å². The fraction of sp³-hybridized carbons (Fsp3) is 0.481. The first-order chi connectivity index (χ1) is 18.2. The van der Waals surface area contributed by atoms with Gasteiger partial charge in [0.15, 0.2) is 0 Å². The number of nitrogens with zero attached hydrogens (tertiary/aromatic N) is 3. The summed E-state index contributed by atoms with van der Waals surface area (Å²) in [6.07, 6.45) is 3.42. The van der Waals surface area contributed by atoms with Gasteiger partial charge in [0, 0.05) is 12.6 Å². The van der Waals surface area contributed by atoms with Crippen LogP contribution in [-0.2, 0) is 17.3 Å². The molecule has 1 saturated carbocycles. The summed E-state index contributed by atoms with van der Waals surface area (Å²) in [4.78, 5) is 21.1. The lowest BCUT2D eigenvalue weighted by Gasteiger charge is -2.19. The summed E-state index contributed by atoms with van der Waals surface area (Å²) >= 11 is 0. The molecule has 0 unspecified atom stereocenters. The molecule has 8 nitrogen and oxygen atoms in total. The minimum absolute atomic E-state index is 0.0207. The average molecular weight is 532 g/mol. The number of pyridine rings is 1. The highest BCUT2D eigenvalue weighted by molar-refractivity contribution is 6.01. The topological polar surface area (TPSA) is 102 Å². The Labute approximate surface area is 219 Å². The van der Waals surface area contributed by atoms with Crippen molar-refractivity contribution in [1.29, 1.82) is 0 Å². The number of carbonyl (C=O) groups excluding carboxylic acids is 1. The summed E-state index contributed by atoms with van der Waals surface area (Å²) in [5.41, 5.74) is -0.696. The zero-order chi connectivity index (χ0) is 27.1. The minimum atomic E-state index is -4.59. The van der Waals surface area contributed by atoms with E-state index in [1.54, 1.807) is 0 Å². The lowest BCUT2D eigenvalue weighted by atomic mass is 9.87. The third-order valence-electron chi connectivity index (χ3n) is 6.35. The number of hydrogen-bond donors (Lipinski definition) is 2. The monoisotopic (exact) mass is 531 g/mol. The molecule has 0 radical (unpaired) electrons. The van der Waals surface area contributed by atoms with Crippen LogP contribution in [0.3, 0.4) is 0 Å². The molecule has 204 valence electrons. The van der Waals surface area contributed by atoms with Gasteiger partial charge in [0.1, 0.15) is 24.0 Å². The Morgan fingerprint density at radius 3 is 2.66 bits per heavy atom. The van der Waals surface area contributed by atoms with Crippen molar-refractivity contribution in [2.45, 2.75) is 64.7 Å². The van der Waals surface area contributed by atoms with Crippen LogP contribution in [0.15, 0.2) is 36.5 Å². The van der Waals surface area contributed by atoms with Crippen LogP contribution in [0.2, 0.25) is 0 Å². The van der Waals surface area contributed by atoms with Crippen LogP contribution in [-0.4, -0.2) is 45.4 Å². The standard InChI is InChI=1S/C27H32F3N5O3/c1-17(2)37-12-13-38-20-8-9-22(27(28,29)30)21(16-20)19-10-11-31-23(15-19)33-26(36)25-32-24(34-35-25)14-18-6-4-3-5-7-18/h8-11,15-18H,3-7,12-14H2,1-2H3,(H,31,33,36)(H,32,34,35). The number of carbonyl (C=O) groups is 1. The van der Waals surface area contributed by atoms with E-state index in [2.05, 4.69) is 25.5 Å². The molecule has 2 aromatic heterocycles. The van der Waals surface area contributed by atoms with Gasteiger partial charge in [-0.15, -0.1) is 5.10 Å². The third kappa shape index (κ3) is 7.53. The predicted octanol–water partition coefficient (Wildman–Crippen LogP) is 6.06. The molecule has 1 aliphatic rings. The Hall–Kier alpha value is -3.47. The largest absolute Gasteiger partial charge is 0.491 e. The van der Waals surface area contributed by atoms with E-state index in [1.165, 1.54) is 49.7 Å². The van der Waals surface area contributed by atoms with Crippen LogP contribution in [0, 0.1) is 5.92 Å². The second-order valence-electron chi connectivity index (χ2n) is 9.67. The maximum atomic E-state index is 13.8. The number of benzene rings is 1. The molecule has 1 amide bonds. The SMILES string of the molecule is CC(C)OCCOc1ccc(C(F)(F)F)c(-c2ccnc(NC(=O)c3n[nH]c(CC4CCCCC4)n3)c2)c1. The number of nitrogens with one attached hydrogen (secondary N) is 2. The number of ether oxygens (including phenoxy) is 2. The van der Waals surface area contributed by atoms with Gasteiger partial charge in [-0.25, -0.2) is 9.97 Å². The van der Waals surface area contributed by atoms with E-state index in [4.69, 9.17) is 9.47 Å². The number of amides is 1. The number of rotatable bonds is 10. The molecule has 3 aromatic rings. The molecule has 11 heteroatoms. The van der Waals surface area contributed by atoms with E-state index in [-0.39, 0.29) is 41.2 Å². The van der Waals surface area contributed by atoms with Gasteiger partial charge in [-0.1, -0.05) is 32.1 Å². The van der Waals surface area contributed by atoms with E-state index >= 15 is 0 Å². The Morgan fingerprint density at radius 1 is 1.13 bits per heavy atom. The molecular formula is C27H32F3N5O3. The second kappa shape index (κ2) is 12.4. The average Bonchev–Trinajstić information content (AvgIpc) is 3.35. The van der Waals surface area contributed by atoms with Gasteiger partial charge in [-0.05, 0) is 61.2 Å². The van der Waals surface area contributed by atoms with Crippen LogP contribution < -0.4 is 10.1 Å². The second-order valence-corrected chi connectivity index (χ2v) is 9.67. The third-order valence-corrected chi connectivity index (χ3v) is 6.35. The molecule has 38 heavy (non-hydrogen) atoms. The van der Waals surface area contributed by atoms with Crippen molar-refractivity contribution in [3.05, 3.63) is 53.7 Å². The van der Waals surface area contributed by atoms with Crippen molar-refractivity contribution in [3.8, 4) is 16.9 Å². The van der Waals surface area contributed by atoms with Gasteiger partial charge in [0.25, 0.3) is 5.91 Å². The molecule has 0 saturated heterocycles. The summed E-state index contributed by atoms with van der Waals surface area (Å²) in [5.74, 6) is 0.882. The number of aromatic nitrogens is 4. The Kier molecular flexibility index (Phi) is 8.98. The quantitative estimate of drug-likeness (QED) is 0.308. The van der Waals surface area contributed by atoms with Gasteiger partial charge < -0.3 is 14.8 Å². The van der Waals surface area contributed by atoms with Crippen molar-refractivity contribution >= 4 is 11.7 Å².